The van der Waals surface area contributed by atoms with Gasteiger partial charge in [0.15, 0.2) is 0 Å². The van der Waals surface area contributed by atoms with Crippen molar-refractivity contribution < 1.29 is 0 Å². The molecule has 2 aliphatic rings. The molecule has 0 heteroatoms. The molecule has 0 aromatic carbocycles. The van der Waals surface area contributed by atoms with Crippen LogP contribution >= 0.6 is 0 Å². The number of allylic oxidation sites excluding steroid dienone is 2. The molecule has 0 aliphatic heterocycles. The van der Waals surface area contributed by atoms with Crippen LogP contribution in [0.15, 0.2) is 12.2 Å². The van der Waals surface area contributed by atoms with Crippen molar-refractivity contribution >= 4 is 0 Å². The summed E-state index contributed by atoms with van der Waals surface area (Å²) in [6.45, 7) is 2.14. The Bertz CT molecular complexity index is 214. The van der Waals surface area contributed by atoms with E-state index in [2.05, 4.69) is 19.1 Å². The van der Waals surface area contributed by atoms with Gasteiger partial charge in [-0.2, -0.15) is 0 Å². The quantitative estimate of drug-likeness (QED) is 0.545. The van der Waals surface area contributed by atoms with Gasteiger partial charge in [0.1, 0.15) is 0 Å². The van der Waals surface area contributed by atoms with Gasteiger partial charge in [-0.15, -0.1) is 0 Å². The third-order valence-corrected chi connectivity index (χ3v) is 5.19. The van der Waals surface area contributed by atoms with Crippen molar-refractivity contribution in [1.29, 1.82) is 0 Å². The summed E-state index contributed by atoms with van der Waals surface area (Å²) in [4.78, 5) is 0. The van der Waals surface area contributed by atoms with Crippen molar-refractivity contribution in [1.82, 2.24) is 0 Å². The van der Waals surface area contributed by atoms with Gasteiger partial charge in [-0.3, -0.25) is 0 Å². The summed E-state index contributed by atoms with van der Waals surface area (Å²) in [6, 6.07) is 0. The van der Waals surface area contributed by atoms with Crippen LogP contribution in [0.2, 0.25) is 0 Å². The number of rotatable bonds is 4. The fourth-order valence-corrected chi connectivity index (χ4v) is 4.05. The highest BCUT2D eigenvalue weighted by Gasteiger charge is 2.27. The molecular weight excluding hydrogens is 204 g/mol. The standard InChI is InChI=1S/C17H30/c1-2-3-5-8-15-11-13-17(14-12-15)16-9-6-4-7-10-16/h2-3,15-17H,4-14H2,1H3/b3-2+/t15-,17-. The first-order valence-corrected chi connectivity index (χ1v) is 8.01. The second kappa shape index (κ2) is 7.24. The molecule has 17 heavy (non-hydrogen) atoms. The molecule has 0 bridgehead atoms. The van der Waals surface area contributed by atoms with Gasteiger partial charge in [-0.25, -0.2) is 0 Å². The van der Waals surface area contributed by atoms with Crippen molar-refractivity contribution in [2.24, 2.45) is 17.8 Å². The highest BCUT2D eigenvalue weighted by atomic mass is 14.3. The van der Waals surface area contributed by atoms with Gasteiger partial charge >= 0.3 is 0 Å². The molecule has 0 N–H and O–H groups in total. The maximum Gasteiger partial charge on any atom is -0.0348 e. The van der Waals surface area contributed by atoms with E-state index in [4.69, 9.17) is 0 Å². The molecule has 0 atom stereocenters. The highest BCUT2D eigenvalue weighted by molar-refractivity contribution is 4.82. The van der Waals surface area contributed by atoms with E-state index in [0.29, 0.717) is 0 Å². The first kappa shape index (κ1) is 13.2. The first-order chi connectivity index (χ1) is 8.40. The maximum absolute atomic E-state index is 2.34. The monoisotopic (exact) mass is 234 g/mol. The van der Waals surface area contributed by atoms with E-state index in [-0.39, 0.29) is 0 Å². The van der Waals surface area contributed by atoms with Gasteiger partial charge in [0.2, 0.25) is 0 Å². The molecule has 0 spiro atoms. The average molecular weight is 234 g/mol. The summed E-state index contributed by atoms with van der Waals surface area (Å²) in [7, 11) is 0. The Kier molecular flexibility index (Phi) is 5.61. The molecule has 0 radical (unpaired) electrons. The van der Waals surface area contributed by atoms with Gasteiger partial charge in [0.25, 0.3) is 0 Å². The Hall–Kier alpha value is -0.260. The fraction of sp³-hybridized carbons (Fsp3) is 0.882. The van der Waals surface area contributed by atoms with Crippen molar-refractivity contribution in [3.63, 3.8) is 0 Å². The molecule has 0 amide bonds. The van der Waals surface area contributed by atoms with Crippen LogP contribution in [-0.4, -0.2) is 0 Å². The largest absolute Gasteiger partial charge is 0.0917 e. The third kappa shape index (κ3) is 4.16. The Morgan fingerprint density at radius 1 is 0.824 bits per heavy atom. The van der Waals surface area contributed by atoms with Crippen LogP contribution in [0.25, 0.3) is 0 Å². The molecule has 0 aromatic rings. The van der Waals surface area contributed by atoms with Crippen LogP contribution in [0.3, 0.4) is 0 Å². The normalized spacial score (nSPS) is 32.1. The Morgan fingerprint density at radius 2 is 1.47 bits per heavy atom. The van der Waals surface area contributed by atoms with Gasteiger partial charge in [-0.05, 0) is 50.4 Å². The third-order valence-electron chi connectivity index (χ3n) is 5.19. The topological polar surface area (TPSA) is 0 Å². The molecule has 2 fully saturated rings. The second-order valence-electron chi connectivity index (χ2n) is 6.33. The first-order valence-electron chi connectivity index (χ1n) is 8.01. The molecule has 2 rings (SSSR count). The summed E-state index contributed by atoms with van der Waals surface area (Å²) in [6.07, 6.45) is 21.1. The van der Waals surface area contributed by atoms with Gasteiger partial charge in [-0.1, -0.05) is 57.1 Å². The predicted octanol–water partition coefficient (Wildman–Crippen LogP) is 5.73. The molecule has 2 saturated carbocycles. The van der Waals surface area contributed by atoms with E-state index in [1.807, 2.05) is 0 Å². The number of hydrogen-bond donors (Lipinski definition) is 0. The van der Waals surface area contributed by atoms with Crippen LogP contribution in [0, 0.1) is 17.8 Å². The lowest BCUT2D eigenvalue weighted by atomic mass is 9.70. The van der Waals surface area contributed by atoms with Gasteiger partial charge in [0.05, 0.1) is 0 Å². The molecule has 98 valence electrons. The molecular formula is C17H30. The summed E-state index contributed by atoms with van der Waals surface area (Å²) >= 11 is 0. The van der Waals surface area contributed by atoms with Crippen LogP contribution in [0.4, 0.5) is 0 Å². The lowest BCUT2D eigenvalue weighted by Gasteiger charge is -2.35. The second-order valence-corrected chi connectivity index (χ2v) is 6.33. The minimum absolute atomic E-state index is 1.05. The summed E-state index contributed by atoms with van der Waals surface area (Å²) in [5.74, 6) is 3.26. The fourth-order valence-electron chi connectivity index (χ4n) is 4.05. The zero-order chi connectivity index (χ0) is 11.9. The Morgan fingerprint density at radius 3 is 2.12 bits per heavy atom. The minimum atomic E-state index is 1.05. The molecule has 0 heterocycles. The van der Waals surface area contributed by atoms with Crippen LogP contribution in [0.5, 0.6) is 0 Å². The van der Waals surface area contributed by atoms with Crippen molar-refractivity contribution in [2.45, 2.75) is 77.6 Å². The van der Waals surface area contributed by atoms with Crippen LogP contribution in [-0.2, 0) is 0 Å². The zero-order valence-electron chi connectivity index (χ0n) is 11.7. The smallest absolute Gasteiger partial charge is 0.0348 e. The zero-order valence-corrected chi connectivity index (χ0v) is 11.7. The lowest BCUT2D eigenvalue weighted by Crippen LogP contribution is -2.23. The average Bonchev–Trinajstić information content (AvgIpc) is 2.41. The molecule has 0 nitrogen and oxygen atoms in total. The van der Waals surface area contributed by atoms with Crippen molar-refractivity contribution in [3.05, 3.63) is 12.2 Å². The summed E-state index contributed by atoms with van der Waals surface area (Å²) < 4.78 is 0. The van der Waals surface area contributed by atoms with E-state index in [0.717, 1.165) is 17.8 Å². The van der Waals surface area contributed by atoms with Crippen molar-refractivity contribution in [3.8, 4) is 0 Å². The van der Waals surface area contributed by atoms with Crippen LogP contribution in [0.1, 0.15) is 77.6 Å². The molecule has 0 saturated heterocycles. The summed E-state index contributed by atoms with van der Waals surface area (Å²) in [5.41, 5.74) is 0. The van der Waals surface area contributed by atoms with E-state index < -0.39 is 0 Å². The minimum Gasteiger partial charge on any atom is -0.0917 e. The highest BCUT2D eigenvalue weighted by Crippen LogP contribution is 2.40. The molecule has 0 unspecified atom stereocenters. The number of hydrogen-bond acceptors (Lipinski definition) is 0. The van der Waals surface area contributed by atoms with Crippen molar-refractivity contribution in [2.75, 3.05) is 0 Å². The van der Waals surface area contributed by atoms with Gasteiger partial charge < -0.3 is 0 Å². The van der Waals surface area contributed by atoms with E-state index >= 15 is 0 Å². The van der Waals surface area contributed by atoms with Gasteiger partial charge in [0, 0.05) is 0 Å². The molecule has 2 aliphatic carbocycles. The summed E-state index contributed by atoms with van der Waals surface area (Å²) in [5, 5.41) is 0. The lowest BCUT2D eigenvalue weighted by molar-refractivity contribution is 0.164. The van der Waals surface area contributed by atoms with E-state index in [1.54, 1.807) is 25.7 Å². The van der Waals surface area contributed by atoms with E-state index in [9.17, 15) is 0 Å². The SMILES string of the molecule is C/C=C/CC[C@H]1CC[C@H](C2CCCCC2)CC1. The maximum atomic E-state index is 2.34. The van der Waals surface area contributed by atoms with Crippen LogP contribution < -0.4 is 0 Å². The molecule has 0 aromatic heterocycles. The Labute approximate surface area is 108 Å². The Balaban J connectivity index is 1.66. The predicted molar refractivity (Wildman–Crippen MR) is 76.1 cm³/mol. The van der Waals surface area contributed by atoms with E-state index in [1.165, 1.54) is 44.9 Å².